The fourth-order valence-corrected chi connectivity index (χ4v) is 3.03. The van der Waals surface area contributed by atoms with Crippen molar-refractivity contribution in [1.29, 1.82) is 0 Å². The Labute approximate surface area is 165 Å². The Kier molecular flexibility index (Phi) is 8.72. The first-order valence-electron chi connectivity index (χ1n) is 9.53. The molecule has 2 rings (SSSR count). The van der Waals surface area contributed by atoms with Crippen molar-refractivity contribution in [3.8, 4) is 5.75 Å². The normalized spacial score (nSPS) is 11.5. The Bertz CT molecular complexity index is 810. The highest BCUT2D eigenvalue weighted by molar-refractivity contribution is 5.69. The van der Waals surface area contributed by atoms with E-state index in [2.05, 4.69) is 6.92 Å². The number of hydrogen-bond acceptors (Lipinski definition) is 4. The van der Waals surface area contributed by atoms with Crippen molar-refractivity contribution >= 4 is 11.5 Å². The minimum atomic E-state index is -0.793. The zero-order valence-corrected chi connectivity index (χ0v) is 16.2. The summed E-state index contributed by atoms with van der Waals surface area (Å²) in [7, 11) is 0. The Morgan fingerprint density at radius 3 is 2.50 bits per heavy atom. The van der Waals surface area contributed by atoms with E-state index in [-0.39, 0.29) is 19.6 Å². The summed E-state index contributed by atoms with van der Waals surface area (Å²) in [5, 5.41) is 27.5. The average molecular weight is 384 g/mol. The van der Waals surface area contributed by atoms with Gasteiger partial charge in [-0.2, -0.15) is 0 Å². The maximum absolute atomic E-state index is 10.8. The molecule has 0 unspecified atom stereocenters. The fraction of sp³-hybridized carbons (Fsp3) is 0.348. The van der Waals surface area contributed by atoms with E-state index in [1.807, 2.05) is 42.5 Å². The first kappa shape index (κ1) is 21.7. The first-order valence-corrected chi connectivity index (χ1v) is 9.53. The predicted octanol–water partition coefficient (Wildman–Crippen LogP) is 4.30. The molecular weight excluding hydrogens is 356 g/mol. The summed E-state index contributed by atoms with van der Waals surface area (Å²) < 4.78 is 5.91. The van der Waals surface area contributed by atoms with Crippen LogP contribution in [0.25, 0.3) is 5.57 Å². The topological polar surface area (TPSA) is 87.0 Å². The van der Waals surface area contributed by atoms with Gasteiger partial charge in [-0.05, 0) is 58.9 Å². The number of carboxylic acids is 1. The van der Waals surface area contributed by atoms with Crippen molar-refractivity contribution in [1.82, 2.24) is 0 Å². The molecule has 0 spiro atoms. The van der Waals surface area contributed by atoms with Gasteiger partial charge in [-0.15, -0.1) is 0 Å². The van der Waals surface area contributed by atoms with Crippen molar-refractivity contribution in [2.45, 2.75) is 52.4 Å². The van der Waals surface area contributed by atoms with Gasteiger partial charge in [-0.25, -0.2) is 0 Å². The van der Waals surface area contributed by atoms with Gasteiger partial charge in [0.05, 0.1) is 13.2 Å². The zero-order chi connectivity index (χ0) is 20.4. The number of aliphatic hydroxyl groups is 2. The lowest BCUT2D eigenvalue weighted by Crippen LogP contribution is -2.00. The van der Waals surface area contributed by atoms with Gasteiger partial charge in [0.1, 0.15) is 12.4 Å². The number of aliphatic hydroxyl groups excluding tert-OH is 2. The second-order valence-corrected chi connectivity index (χ2v) is 6.65. The van der Waals surface area contributed by atoms with Gasteiger partial charge >= 0.3 is 5.97 Å². The molecule has 0 fully saturated rings. The monoisotopic (exact) mass is 384 g/mol. The van der Waals surface area contributed by atoms with E-state index in [0.29, 0.717) is 24.2 Å². The molecule has 2 aromatic carbocycles. The van der Waals surface area contributed by atoms with Crippen LogP contribution in [0.4, 0.5) is 0 Å². The predicted molar refractivity (Wildman–Crippen MR) is 109 cm³/mol. The highest BCUT2D eigenvalue weighted by atomic mass is 16.5. The molecule has 2 aromatic rings. The van der Waals surface area contributed by atoms with E-state index in [1.54, 1.807) is 6.07 Å². The molecule has 0 saturated heterocycles. The van der Waals surface area contributed by atoms with E-state index in [1.165, 1.54) is 0 Å². The van der Waals surface area contributed by atoms with Crippen LogP contribution in [-0.4, -0.2) is 21.3 Å². The van der Waals surface area contributed by atoms with E-state index in [4.69, 9.17) is 9.84 Å². The second kappa shape index (κ2) is 11.3. The van der Waals surface area contributed by atoms with Crippen LogP contribution in [0.1, 0.15) is 54.9 Å². The van der Waals surface area contributed by atoms with E-state index in [9.17, 15) is 15.0 Å². The fourth-order valence-electron chi connectivity index (χ4n) is 3.03. The van der Waals surface area contributed by atoms with Crippen LogP contribution in [0, 0.1) is 0 Å². The summed E-state index contributed by atoms with van der Waals surface area (Å²) in [5.74, 6) is -0.0619. The van der Waals surface area contributed by atoms with Crippen LogP contribution < -0.4 is 4.74 Å². The van der Waals surface area contributed by atoms with Gasteiger partial charge in [0.25, 0.3) is 0 Å². The first-order chi connectivity index (χ1) is 13.6. The molecular formula is C23H28O5. The molecule has 28 heavy (non-hydrogen) atoms. The van der Waals surface area contributed by atoms with E-state index in [0.717, 1.165) is 35.3 Å². The molecule has 150 valence electrons. The lowest BCUT2D eigenvalue weighted by Gasteiger charge is -2.12. The van der Waals surface area contributed by atoms with Gasteiger partial charge in [-0.1, -0.05) is 43.7 Å². The Morgan fingerprint density at radius 2 is 1.82 bits per heavy atom. The lowest BCUT2D eigenvalue weighted by molar-refractivity contribution is -0.136. The Morgan fingerprint density at radius 1 is 1.04 bits per heavy atom. The summed E-state index contributed by atoms with van der Waals surface area (Å²) in [6, 6.07) is 13.3. The standard InChI is InChI=1S/C23H28O5/c1-2-5-18(6-4-9-23(26)27)19-7-3-8-22(13-19)28-16-17-10-11-20(14-24)21(12-17)15-25/h3,6-8,10-13,24-25H,2,4-5,9,14-16H2,1H3,(H,26,27)/b18-6+. The molecule has 0 bridgehead atoms. The molecule has 0 saturated carbocycles. The van der Waals surface area contributed by atoms with Gasteiger partial charge in [0, 0.05) is 6.42 Å². The number of carbonyl (C=O) groups is 1. The molecule has 0 atom stereocenters. The van der Waals surface area contributed by atoms with Gasteiger partial charge in [-0.3, -0.25) is 4.79 Å². The molecule has 0 amide bonds. The molecule has 3 N–H and O–H groups in total. The molecule has 0 aliphatic rings. The van der Waals surface area contributed by atoms with Gasteiger partial charge in [0.2, 0.25) is 0 Å². The van der Waals surface area contributed by atoms with Crippen LogP contribution >= 0.6 is 0 Å². The third kappa shape index (κ3) is 6.51. The third-order valence-corrected chi connectivity index (χ3v) is 4.49. The summed E-state index contributed by atoms with van der Waals surface area (Å²) in [6.07, 6.45) is 4.49. The molecule has 5 nitrogen and oxygen atoms in total. The molecule has 5 heteroatoms. The smallest absolute Gasteiger partial charge is 0.303 e. The number of hydrogen-bond donors (Lipinski definition) is 3. The average Bonchev–Trinajstić information content (AvgIpc) is 2.71. The molecule has 0 radical (unpaired) electrons. The molecule has 0 aliphatic heterocycles. The largest absolute Gasteiger partial charge is 0.489 e. The van der Waals surface area contributed by atoms with Crippen LogP contribution in [0.2, 0.25) is 0 Å². The Balaban J connectivity index is 2.10. The molecule has 0 heterocycles. The molecule has 0 aromatic heterocycles. The van der Waals surface area contributed by atoms with E-state index >= 15 is 0 Å². The van der Waals surface area contributed by atoms with Crippen molar-refractivity contribution in [3.05, 3.63) is 70.8 Å². The minimum Gasteiger partial charge on any atom is -0.489 e. The maximum Gasteiger partial charge on any atom is 0.303 e. The third-order valence-electron chi connectivity index (χ3n) is 4.49. The molecule has 0 aliphatic carbocycles. The lowest BCUT2D eigenvalue weighted by atomic mass is 9.99. The van der Waals surface area contributed by atoms with Gasteiger partial charge < -0.3 is 20.1 Å². The van der Waals surface area contributed by atoms with Crippen LogP contribution in [0.3, 0.4) is 0 Å². The van der Waals surface area contributed by atoms with Crippen molar-refractivity contribution < 1.29 is 24.9 Å². The zero-order valence-electron chi connectivity index (χ0n) is 16.2. The van der Waals surface area contributed by atoms with Crippen molar-refractivity contribution in [2.75, 3.05) is 0 Å². The summed E-state index contributed by atoms with van der Waals surface area (Å²) in [6.45, 7) is 2.22. The van der Waals surface area contributed by atoms with Crippen LogP contribution in [0.15, 0.2) is 48.5 Å². The minimum absolute atomic E-state index is 0.104. The van der Waals surface area contributed by atoms with Crippen molar-refractivity contribution in [3.63, 3.8) is 0 Å². The quantitative estimate of drug-likeness (QED) is 0.538. The highest BCUT2D eigenvalue weighted by Gasteiger charge is 2.06. The number of aliphatic carboxylic acids is 1. The number of carboxylic acid groups (broad SMARTS) is 1. The number of benzene rings is 2. The van der Waals surface area contributed by atoms with Crippen LogP contribution in [0.5, 0.6) is 5.75 Å². The van der Waals surface area contributed by atoms with Crippen molar-refractivity contribution in [2.24, 2.45) is 0 Å². The number of allylic oxidation sites excluding steroid dienone is 2. The summed E-state index contributed by atoms with van der Waals surface area (Å²) in [5.41, 5.74) is 4.49. The van der Waals surface area contributed by atoms with Gasteiger partial charge in [0.15, 0.2) is 0 Å². The number of ether oxygens (including phenoxy) is 1. The highest BCUT2D eigenvalue weighted by Crippen LogP contribution is 2.25. The van der Waals surface area contributed by atoms with E-state index < -0.39 is 5.97 Å². The summed E-state index contributed by atoms with van der Waals surface area (Å²) in [4.78, 5) is 10.8. The second-order valence-electron chi connectivity index (χ2n) is 6.65. The maximum atomic E-state index is 10.8. The van der Waals surface area contributed by atoms with Crippen LogP contribution in [-0.2, 0) is 24.6 Å². The Hall–Kier alpha value is -2.63. The number of rotatable bonds is 11. The SMILES string of the molecule is CCC/C(=C\CCC(=O)O)c1cccc(OCc2ccc(CO)c(CO)c2)c1. The summed E-state index contributed by atoms with van der Waals surface area (Å²) >= 11 is 0.